The van der Waals surface area contributed by atoms with Gasteiger partial charge in [-0.15, -0.1) is 0 Å². The van der Waals surface area contributed by atoms with Crippen LogP contribution in [0, 0.1) is 5.41 Å². The maximum absolute atomic E-state index is 11.5. The molecule has 0 aliphatic heterocycles. The topological polar surface area (TPSA) is 84.2 Å². The van der Waals surface area contributed by atoms with E-state index in [4.69, 9.17) is 5.73 Å². The first-order valence-electron chi connectivity index (χ1n) is 4.62. The van der Waals surface area contributed by atoms with Crippen molar-refractivity contribution in [1.29, 1.82) is 0 Å². The van der Waals surface area contributed by atoms with Crippen LogP contribution >= 0.6 is 0 Å². The molecule has 0 radical (unpaired) electrons. The quantitative estimate of drug-likeness (QED) is 0.609. The summed E-state index contributed by atoms with van der Waals surface area (Å²) in [5.74, 6) is -0.209. The molecule has 3 amide bonds. The van der Waals surface area contributed by atoms with Gasteiger partial charge in [-0.05, 0) is 12.3 Å². The van der Waals surface area contributed by atoms with Gasteiger partial charge in [0.2, 0.25) is 5.91 Å². The number of carbonyl (C=O) groups is 2. The third-order valence-electron chi connectivity index (χ3n) is 1.77. The van der Waals surface area contributed by atoms with E-state index < -0.39 is 12.1 Å². The molecule has 0 saturated carbocycles. The molecule has 1 unspecified atom stereocenters. The molecule has 0 aromatic rings. The first-order valence-corrected chi connectivity index (χ1v) is 4.62. The van der Waals surface area contributed by atoms with Crippen LogP contribution in [-0.4, -0.2) is 24.5 Å². The Morgan fingerprint density at radius 2 is 1.86 bits per heavy atom. The standard InChI is InChI=1S/C9H19N3O2/c1-5-11-7(13)6(9(2,3)4)12-8(10)14/h6H,5H2,1-4H3,(H,11,13)(H3,10,12,14). The average molecular weight is 201 g/mol. The zero-order valence-electron chi connectivity index (χ0n) is 9.18. The number of hydrogen-bond donors (Lipinski definition) is 3. The first-order chi connectivity index (χ1) is 6.29. The van der Waals surface area contributed by atoms with Crippen LogP contribution in [0.2, 0.25) is 0 Å². The highest BCUT2D eigenvalue weighted by atomic mass is 16.2. The zero-order valence-corrected chi connectivity index (χ0v) is 9.18. The summed E-state index contributed by atoms with van der Waals surface area (Å²) in [5.41, 5.74) is 4.64. The summed E-state index contributed by atoms with van der Waals surface area (Å²) in [7, 11) is 0. The predicted molar refractivity (Wildman–Crippen MR) is 54.6 cm³/mol. The molecule has 0 aliphatic carbocycles. The summed E-state index contributed by atoms with van der Waals surface area (Å²) in [6.45, 7) is 7.95. The Morgan fingerprint density at radius 1 is 1.36 bits per heavy atom. The second kappa shape index (κ2) is 4.83. The van der Waals surface area contributed by atoms with Gasteiger partial charge >= 0.3 is 6.03 Å². The SMILES string of the molecule is CCNC(=O)C(NC(N)=O)C(C)(C)C. The summed E-state index contributed by atoms with van der Waals surface area (Å²) < 4.78 is 0. The Balaban J connectivity index is 4.55. The van der Waals surface area contributed by atoms with Crippen LogP contribution in [0.1, 0.15) is 27.7 Å². The molecule has 5 heteroatoms. The zero-order chi connectivity index (χ0) is 11.4. The minimum Gasteiger partial charge on any atom is -0.355 e. The highest BCUT2D eigenvalue weighted by Gasteiger charge is 2.31. The number of nitrogens with two attached hydrogens (primary N) is 1. The van der Waals surface area contributed by atoms with Crippen molar-refractivity contribution in [2.45, 2.75) is 33.7 Å². The minimum atomic E-state index is -0.684. The Hall–Kier alpha value is -1.26. The fourth-order valence-electron chi connectivity index (χ4n) is 1.09. The number of primary amides is 1. The lowest BCUT2D eigenvalue weighted by Crippen LogP contribution is -2.54. The van der Waals surface area contributed by atoms with Crippen LogP contribution in [-0.2, 0) is 4.79 Å². The molecule has 0 aliphatic rings. The van der Waals surface area contributed by atoms with Gasteiger partial charge in [0.1, 0.15) is 6.04 Å². The average Bonchev–Trinajstić information content (AvgIpc) is 1.98. The molecule has 82 valence electrons. The molecule has 0 rings (SSSR count). The molecule has 0 spiro atoms. The van der Waals surface area contributed by atoms with Crippen LogP contribution in [0.25, 0.3) is 0 Å². The molecular weight excluding hydrogens is 182 g/mol. The molecule has 0 aromatic carbocycles. The van der Waals surface area contributed by atoms with Crippen molar-refractivity contribution in [3.8, 4) is 0 Å². The van der Waals surface area contributed by atoms with Crippen molar-refractivity contribution in [2.24, 2.45) is 11.1 Å². The van der Waals surface area contributed by atoms with E-state index in [1.165, 1.54) is 0 Å². The molecule has 0 bridgehead atoms. The van der Waals surface area contributed by atoms with E-state index in [0.717, 1.165) is 0 Å². The summed E-state index contributed by atoms with van der Waals surface area (Å²) >= 11 is 0. The molecule has 0 saturated heterocycles. The number of amides is 3. The van der Waals surface area contributed by atoms with Gasteiger partial charge in [0.25, 0.3) is 0 Å². The van der Waals surface area contributed by atoms with Crippen LogP contribution in [0.3, 0.4) is 0 Å². The number of urea groups is 1. The Bertz CT molecular complexity index is 221. The highest BCUT2D eigenvalue weighted by molar-refractivity contribution is 5.87. The molecule has 0 heterocycles. The second-order valence-corrected chi connectivity index (χ2v) is 4.20. The lowest BCUT2D eigenvalue weighted by molar-refractivity contribution is -0.125. The number of rotatable bonds is 3. The van der Waals surface area contributed by atoms with Crippen molar-refractivity contribution in [1.82, 2.24) is 10.6 Å². The lowest BCUT2D eigenvalue weighted by atomic mass is 9.86. The van der Waals surface area contributed by atoms with E-state index in [9.17, 15) is 9.59 Å². The van der Waals surface area contributed by atoms with Crippen molar-refractivity contribution < 1.29 is 9.59 Å². The van der Waals surface area contributed by atoms with E-state index in [0.29, 0.717) is 6.54 Å². The van der Waals surface area contributed by atoms with Crippen LogP contribution in [0.4, 0.5) is 4.79 Å². The third-order valence-corrected chi connectivity index (χ3v) is 1.77. The summed E-state index contributed by atoms with van der Waals surface area (Å²) in [6.07, 6.45) is 0. The van der Waals surface area contributed by atoms with Gasteiger partial charge in [0.05, 0.1) is 0 Å². The summed E-state index contributed by atoms with van der Waals surface area (Å²) in [4.78, 5) is 22.2. The molecule has 4 N–H and O–H groups in total. The number of hydrogen-bond acceptors (Lipinski definition) is 2. The van der Waals surface area contributed by atoms with Gasteiger partial charge in [-0.1, -0.05) is 20.8 Å². The van der Waals surface area contributed by atoms with Crippen molar-refractivity contribution >= 4 is 11.9 Å². The molecule has 0 aromatic heterocycles. The van der Waals surface area contributed by atoms with Gasteiger partial charge in [0, 0.05) is 6.54 Å². The van der Waals surface area contributed by atoms with E-state index in [1.807, 2.05) is 27.7 Å². The van der Waals surface area contributed by atoms with Crippen molar-refractivity contribution in [2.75, 3.05) is 6.54 Å². The lowest BCUT2D eigenvalue weighted by Gasteiger charge is -2.29. The maximum atomic E-state index is 11.5. The molecule has 1 atom stereocenters. The van der Waals surface area contributed by atoms with Gasteiger partial charge in [-0.3, -0.25) is 4.79 Å². The van der Waals surface area contributed by atoms with E-state index >= 15 is 0 Å². The molecule has 14 heavy (non-hydrogen) atoms. The van der Waals surface area contributed by atoms with E-state index in [2.05, 4.69) is 10.6 Å². The predicted octanol–water partition coefficient (Wildman–Crippen LogP) is 0.206. The fraction of sp³-hybridized carbons (Fsp3) is 0.778. The van der Waals surface area contributed by atoms with Crippen molar-refractivity contribution in [3.63, 3.8) is 0 Å². The molecular formula is C9H19N3O2. The van der Waals surface area contributed by atoms with Crippen molar-refractivity contribution in [3.05, 3.63) is 0 Å². The Morgan fingerprint density at radius 3 is 2.14 bits per heavy atom. The number of carbonyl (C=O) groups excluding carboxylic acids is 2. The molecule has 0 fully saturated rings. The first kappa shape index (κ1) is 12.7. The van der Waals surface area contributed by atoms with Crippen LogP contribution in [0.15, 0.2) is 0 Å². The second-order valence-electron chi connectivity index (χ2n) is 4.20. The van der Waals surface area contributed by atoms with Crippen LogP contribution in [0.5, 0.6) is 0 Å². The Kier molecular flexibility index (Phi) is 4.40. The number of likely N-dealkylation sites (N-methyl/N-ethyl adjacent to an activating group) is 1. The Labute approximate surface area is 84.4 Å². The maximum Gasteiger partial charge on any atom is 0.312 e. The number of nitrogens with one attached hydrogen (secondary N) is 2. The monoisotopic (exact) mass is 201 g/mol. The molecule has 5 nitrogen and oxygen atoms in total. The van der Waals surface area contributed by atoms with Gasteiger partial charge in [0.15, 0.2) is 0 Å². The van der Waals surface area contributed by atoms with E-state index in [1.54, 1.807) is 0 Å². The van der Waals surface area contributed by atoms with Gasteiger partial charge in [-0.25, -0.2) is 4.79 Å². The minimum absolute atomic E-state index is 0.209. The third kappa shape index (κ3) is 4.11. The largest absolute Gasteiger partial charge is 0.355 e. The van der Waals surface area contributed by atoms with Gasteiger partial charge < -0.3 is 16.4 Å². The highest BCUT2D eigenvalue weighted by Crippen LogP contribution is 2.19. The smallest absolute Gasteiger partial charge is 0.312 e. The fourth-order valence-corrected chi connectivity index (χ4v) is 1.09. The van der Waals surface area contributed by atoms with E-state index in [-0.39, 0.29) is 11.3 Å². The van der Waals surface area contributed by atoms with Crippen LogP contribution < -0.4 is 16.4 Å². The summed E-state index contributed by atoms with van der Waals surface area (Å²) in [6, 6.07) is -1.28. The normalized spacial score (nSPS) is 13.1. The summed E-state index contributed by atoms with van der Waals surface area (Å²) in [5, 5.41) is 5.08. The van der Waals surface area contributed by atoms with Gasteiger partial charge in [-0.2, -0.15) is 0 Å².